The lowest BCUT2D eigenvalue weighted by atomic mass is 9.81. The molecule has 0 aliphatic heterocycles. The fraction of sp³-hybridized carbons (Fsp3) is 0.800. The van der Waals surface area contributed by atoms with Crippen LogP contribution < -0.4 is 5.32 Å². The molecule has 0 spiro atoms. The molecule has 1 N–H and O–H groups in total. The molecule has 1 aromatic rings. The number of nitrogens with one attached hydrogen (secondary N) is 1. The maximum atomic E-state index is 5.05. The Bertz CT molecular complexity index is 356. The molecule has 0 unspecified atom stereocenters. The smallest absolute Gasteiger partial charge is 0.202 e. The second-order valence-electron chi connectivity index (χ2n) is 5.62. The van der Waals surface area contributed by atoms with Crippen LogP contribution in [0.3, 0.4) is 0 Å². The van der Waals surface area contributed by atoms with Gasteiger partial charge in [0, 0.05) is 32.6 Å². The zero-order chi connectivity index (χ0) is 13.5. The number of ether oxygens (including phenoxy) is 1. The van der Waals surface area contributed by atoms with E-state index in [2.05, 4.69) is 28.0 Å². The number of aromatic nitrogens is 2. The molecule has 0 amide bonds. The maximum absolute atomic E-state index is 5.05. The van der Waals surface area contributed by atoms with Crippen LogP contribution in [-0.2, 0) is 11.3 Å². The van der Waals surface area contributed by atoms with Crippen LogP contribution in [0.1, 0.15) is 39.0 Å². The van der Waals surface area contributed by atoms with E-state index in [1.165, 1.54) is 32.1 Å². The van der Waals surface area contributed by atoms with E-state index in [0.717, 1.165) is 30.9 Å². The van der Waals surface area contributed by atoms with E-state index in [1.54, 1.807) is 7.11 Å². The Morgan fingerprint density at radius 2 is 2.05 bits per heavy atom. The molecule has 1 fully saturated rings. The van der Waals surface area contributed by atoms with Gasteiger partial charge in [0.1, 0.15) is 0 Å². The molecule has 2 rings (SSSR count). The Morgan fingerprint density at radius 1 is 1.32 bits per heavy atom. The van der Waals surface area contributed by atoms with Crippen LogP contribution in [0, 0.1) is 11.8 Å². The molecular formula is C15H27N3O. The second-order valence-corrected chi connectivity index (χ2v) is 5.62. The van der Waals surface area contributed by atoms with Gasteiger partial charge in [0.15, 0.2) is 0 Å². The van der Waals surface area contributed by atoms with E-state index in [4.69, 9.17) is 4.74 Å². The topological polar surface area (TPSA) is 39.1 Å². The molecule has 1 aromatic heterocycles. The average molecular weight is 265 g/mol. The van der Waals surface area contributed by atoms with Crippen molar-refractivity contribution in [1.29, 1.82) is 0 Å². The molecule has 1 aliphatic rings. The highest BCUT2D eigenvalue weighted by atomic mass is 16.5. The molecule has 0 radical (unpaired) electrons. The van der Waals surface area contributed by atoms with Crippen molar-refractivity contribution < 1.29 is 4.74 Å². The fourth-order valence-corrected chi connectivity index (χ4v) is 2.99. The predicted octanol–water partition coefficient (Wildman–Crippen LogP) is 3.16. The highest BCUT2D eigenvalue weighted by Crippen LogP contribution is 2.31. The molecular weight excluding hydrogens is 238 g/mol. The summed E-state index contributed by atoms with van der Waals surface area (Å²) in [5.74, 6) is 2.77. The van der Waals surface area contributed by atoms with E-state index in [1.807, 2.05) is 6.20 Å². The summed E-state index contributed by atoms with van der Waals surface area (Å²) >= 11 is 0. The summed E-state index contributed by atoms with van der Waals surface area (Å²) in [5, 5.41) is 3.33. The molecule has 1 saturated carbocycles. The summed E-state index contributed by atoms with van der Waals surface area (Å²) in [6.45, 7) is 4.95. The fourth-order valence-electron chi connectivity index (χ4n) is 2.99. The van der Waals surface area contributed by atoms with Gasteiger partial charge in [-0.25, -0.2) is 4.98 Å². The third-order valence-corrected chi connectivity index (χ3v) is 4.30. The van der Waals surface area contributed by atoms with Crippen LogP contribution in [0.5, 0.6) is 0 Å². The number of anilines is 1. The molecule has 19 heavy (non-hydrogen) atoms. The first-order valence-corrected chi connectivity index (χ1v) is 7.57. The normalized spacial score (nSPS) is 23.5. The average Bonchev–Trinajstić information content (AvgIpc) is 2.87. The van der Waals surface area contributed by atoms with Crippen molar-refractivity contribution in [2.75, 3.05) is 25.6 Å². The van der Waals surface area contributed by atoms with Crippen LogP contribution in [-0.4, -0.2) is 29.8 Å². The summed E-state index contributed by atoms with van der Waals surface area (Å²) in [7, 11) is 1.72. The summed E-state index contributed by atoms with van der Waals surface area (Å²) in [5.41, 5.74) is 0. The van der Waals surface area contributed by atoms with Gasteiger partial charge in [-0.1, -0.05) is 26.2 Å². The standard InChI is InChI=1S/C15H27N3O/c1-3-13-4-6-14(7-5-13)12-18-10-8-16-15(18)17-9-11-19-2/h8,10,13-14H,3-7,9,11-12H2,1-2H3,(H,16,17). The lowest BCUT2D eigenvalue weighted by molar-refractivity contribution is 0.210. The van der Waals surface area contributed by atoms with Gasteiger partial charge in [-0.3, -0.25) is 0 Å². The van der Waals surface area contributed by atoms with Crippen LogP contribution in [0.4, 0.5) is 5.95 Å². The Balaban J connectivity index is 1.81. The number of hydrogen-bond donors (Lipinski definition) is 1. The van der Waals surface area contributed by atoms with E-state index in [9.17, 15) is 0 Å². The number of hydrogen-bond acceptors (Lipinski definition) is 3. The molecule has 4 heteroatoms. The van der Waals surface area contributed by atoms with Gasteiger partial charge in [0.2, 0.25) is 5.95 Å². The van der Waals surface area contributed by atoms with Crippen molar-refractivity contribution in [3.63, 3.8) is 0 Å². The number of imidazole rings is 1. The van der Waals surface area contributed by atoms with Crippen molar-refractivity contribution in [1.82, 2.24) is 9.55 Å². The van der Waals surface area contributed by atoms with Crippen LogP contribution in [0.15, 0.2) is 12.4 Å². The molecule has 4 nitrogen and oxygen atoms in total. The first-order chi connectivity index (χ1) is 9.33. The van der Waals surface area contributed by atoms with E-state index in [0.29, 0.717) is 6.61 Å². The summed E-state index contributed by atoms with van der Waals surface area (Å²) in [6.07, 6.45) is 10.9. The minimum atomic E-state index is 0.717. The summed E-state index contributed by atoms with van der Waals surface area (Å²) in [4.78, 5) is 4.38. The zero-order valence-corrected chi connectivity index (χ0v) is 12.3. The van der Waals surface area contributed by atoms with Crippen molar-refractivity contribution in [2.45, 2.75) is 45.6 Å². The first-order valence-electron chi connectivity index (χ1n) is 7.57. The second kappa shape index (κ2) is 7.53. The van der Waals surface area contributed by atoms with Gasteiger partial charge in [-0.15, -0.1) is 0 Å². The number of rotatable bonds is 7. The van der Waals surface area contributed by atoms with E-state index < -0.39 is 0 Å². The molecule has 0 saturated heterocycles. The Hall–Kier alpha value is -1.03. The van der Waals surface area contributed by atoms with Gasteiger partial charge in [0.05, 0.1) is 6.61 Å². The Kier molecular flexibility index (Phi) is 5.70. The highest BCUT2D eigenvalue weighted by molar-refractivity contribution is 5.25. The van der Waals surface area contributed by atoms with E-state index >= 15 is 0 Å². The van der Waals surface area contributed by atoms with E-state index in [-0.39, 0.29) is 0 Å². The summed E-state index contributed by atoms with van der Waals surface area (Å²) in [6, 6.07) is 0. The SMILES string of the molecule is CCC1CCC(Cn2ccnc2NCCOC)CC1. The van der Waals surface area contributed by atoms with Crippen molar-refractivity contribution in [3.05, 3.63) is 12.4 Å². The summed E-state index contributed by atoms with van der Waals surface area (Å²) < 4.78 is 7.31. The lowest BCUT2D eigenvalue weighted by Crippen LogP contribution is -2.20. The minimum absolute atomic E-state index is 0.717. The predicted molar refractivity (Wildman–Crippen MR) is 78.3 cm³/mol. The largest absolute Gasteiger partial charge is 0.383 e. The highest BCUT2D eigenvalue weighted by Gasteiger charge is 2.20. The molecule has 1 heterocycles. The van der Waals surface area contributed by atoms with Gasteiger partial charge in [-0.05, 0) is 24.7 Å². The van der Waals surface area contributed by atoms with Gasteiger partial charge < -0.3 is 14.6 Å². The van der Waals surface area contributed by atoms with Gasteiger partial charge >= 0.3 is 0 Å². The molecule has 0 bridgehead atoms. The van der Waals surface area contributed by atoms with Crippen molar-refractivity contribution in [2.24, 2.45) is 11.8 Å². The van der Waals surface area contributed by atoms with Crippen molar-refractivity contribution >= 4 is 5.95 Å². The van der Waals surface area contributed by atoms with Gasteiger partial charge in [-0.2, -0.15) is 0 Å². The van der Waals surface area contributed by atoms with Crippen molar-refractivity contribution in [3.8, 4) is 0 Å². The monoisotopic (exact) mass is 265 g/mol. The Morgan fingerprint density at radius 3 is 2.74 bits per heavy atom. The first kappa shape index (κ1) is 14.4. The van der Waals surface area contributed by atoms with Gasteiger partial charge in [0.25, 0.3) is 0 Å². The molecule has 0 aromatic carbocycles. The number of nitrogens with zero attached hydrogens (tertiary/aromatic N) is 2. The molecule has 1 aliphatic carbocycles. The third-order valence-electron chi connectivity index (χ3n) is 4.30. The number of methoxy groups -OCH3 is 1. The lowest BCUT2D eigenvalue weighted by Gasteiger charge is -2.28. The molecule has 0 atom stereocenters. The maximum Gasteiger partial charge on any atom is 0.202 e. The third kappa shape index (κ3) is 4.23. The quantitative estimate of drug-likeness (QED) is 0.770. The van der Waals surface area contributed by atoms with Crippen LogP contribution in [0.25, 0.3) is 0 Å². The van der Waals surface area contributed by atoms with Crippen LogP contribution >= 0.6 is 0 Å². The minimum Gasteiger partial charge on any atom is -0.383 e. The molecule has 108 valence electrons. The van der Waals surface area contributed by atoms with Crippen LogP contribution in [0.2, 0.25) is 0 Å². The Labute approximate surface area is 116 Å². The zero-order valence-electron chi connectivity index (χ0n) is 12.3.